The monoisotopic (exact) mass is 248 g/mol. The van der Waals surface area contributed by atoms with Crippen LogP contribution in [-0.2, 0) is 11.2 Å². The lowest BCUT2D eigenvalue weighted by atomic mass is 10.1. The minimum Gasteiger partial charge on any atom is -0.391 e. The molecule has 2 rings (SSSR count). The maximum atomic E-state index is 11.7. The SMILES string of the molecule is NC(Cc1ccccc1)C(=O)NCC(O)C1CC1. The zero-order valence-electron chi connectivity index (χ0n) is 10.4. The normalized spacial score (nSPS) is 18.1. The van der Waals surface area contributed by atoms with Gasteiger partial charge in [0, 0.05) is 6.54 Å². The molecule has 1 aromatic carbocycles. The second-order valence-corrected chi connectivity index (χ2v) is 4.95. The highest BCUT2D eigenvalue weighted by atomic mass is 16.3. The summed E-state index contributed by atoms with van der Waals surface area (Å²) < 4.78 is 0. The molecular weight excluding hydrogens is 228 g/mol. The van der Waals surface area contributed by atoms with Gasteiger partial charge in [-0.2, -0.15) is 0 Å². The van der Waals surface area contributed by atoms with Crippen LogP contribution >= 0.6 is 0 Å². The van der Waals surface area contributed by atoms with Crippen molar-refractivity contribution in [3.63, 3.8) is 0 Å². The van der Waals surface area contributed by atoms with Crippen molar-refractivity contribution in [1.82, 2.24) is 5.32 Å². The van der Waals surface area contributed by atoms with E-state index >= 15 is 0 Å². The Kier molecular flexibility index (Phi) is 4.33. The first-order chi connectivity index (χ1) is 8.66. The molecule has 0 spiro atoms. The minimum absolute atomic E-state index is 0.196. The number of aliphatic hydroxyl groups excluding tert-OH is 1. The Bertz CT molecular complexity index is 390. The highest BCUT2D eigenvalue weighted by Crippen LogP contribution is 2.32. The van der Waals surface area contributed by atoms with Gasteiger partial charge in [-0.1, -0.05) is 30.3 Å². The van der Waals surface area contributed by atoms with Gasteiger partial charge in [0.1, 0.15) is 0 Å². The molecule has 1 aromatic rings. The predicted molar refractivity (Wildman–Crippen MR) is 69.9 cm³/mol. The van der Waals surface area contributed by atoms with E-state index in [1.54, 1.807) is 0 Å². The number of carbonyl (C=O) groups excluding carboxylic acids is 1. The van der Waals surface area contributed by atoms with Crippen molar-refractivity contribution in [2.45, 2.75) is 31.4 Å². The summed E-state index contributed by atoms with van der Waals surface area (Å²) >= 11 is 0. The fourth-order valence-electron chi connectivity index (χ4n) is 1.94. The van der Waals surface area contributed by atoms with E-state index in [4.69, 9.17) is 5.73 Å². The summed E-state index contributed by atoms with van der Waals surface area (Å²) in [5.41, 5.74) is 6.88. The number of amides is 1. The van der Waals surface area contributed by atoms with Crippen molar-refractivity contribution < 1.29 is 9.90 Å². The van der Waals surface area contributed by atoms with Crippen molar-refractivity contribution in [3.8, 4) is 0 Å². The number of aliphatic hydroxyl groups is 1. The van der Waals surface area contributed by atoms with Crippen LogP contribution in [0.4, 0.5) is 0 Å². The highest BCUT2D eigenvalue weighted by Gasteiger charge is 2.30. The summed E-state index contributed by atoms with van der Waals surface area (Å²) in [6.07, 6.45) is 2.23. The van der Waals surface area contributed by atoms with Gasteiger partial charge in [0.25, 0.3) is 0 Å². The Morgan fingerprint density at radius 3 is 2.67 bits per heavy atom. The van der Waals surface area contributed by atoms with Gasteiger partial charge < -0.3 is 16.2 Å². The van der Waals surface area contributed by atoms with Crippen molar-refractivity contribution in [3.05, 3.63) is 35.9 Å². The first kappa shape index (κ1) is 13.1. The maximum absolute atomic E-state index is 11.7. The molecule has 1 aliphatic rings. The quantitative estimate of drug-likeness (QED) is 0.684. The van der Waals surface area contributed by atoms with Gasteiger partial charge in [-0.15, -0.1) is 0 Å². The van der Waals surface area contributed by atoms with Crippen LogP contribution in [0.5, 0.6) is 0 Å². The molecule has 0 aromatic heterocycles. The van der Waals surface area contributed by atoms with Crippen LogP contribution in [0.3, 0.4) is 0 Å². The molecule has 4 N–H and O–H groups in total. The third-order valence-electron chi connectivity index (χ3n) is 3.29. The van der Waals surface area contributed by atoms with Crippen molar-refractivity contribution in [2.75, 3.05) is 6.54 Å². The second-order valence-electron chi connectivity index (χ2n) is 4.95. The van der Waals surface area contributed by atoms with Crippen molar-refractivity contribution in [2.24, 2.45) is 11.7 Å². The molecule has 0 bridgehead atoms. The highest BCUT2D eigenvalue weighted by molar-refractivity contribution is 5.81. The van der Waals surface area contributed by atoms with Crippen molar-refractivity contribution >= 4 is 5.91 Å². The molecule has 0 radical (unpaired) electrons. The van der Waals surface area contributed by atoms with Crippen LogP contribution in [0, 0.1) is 5.92 Å². The van der Waals surface area contributed by atoms with Gasteiger partial charge in [-0.25, -0.2) is 0 Å². The number of hydrogen-bond acceptors (Lipinski definition) is 3. The summed E-state index contributed by atoms with van der Waals surface area (Å²) in [5, 5.41) is 12.4. The van der Waals surface area contributed by atoms with E-state index in [9.17, 15) is 9.90 Å². The molecule has 4 heteroatoms. The lowest BCUT2D eigenvalue weighted by Crippen LogP contribution is -2.44. The second kappa shape index (κ2) is 5.98. The van der Waals surface area contributed by atoms with E-state index in [0.717, 1.165) is 18.4 Å². The zero-order chi connectivity index (χ0) is 13.0. The third-order valence-corrected chi connectivity index (χ3v) is 3.29. The minimum atomic E-state index is -0.557. The molecule has 4 nitrogen and oxygen atoms in total. The largest absolute Gasteiger partial charge is 0.391 e. The summed E-state index contributed by atoms with van der Waals surface area (Å²) in [6, 6.07) is 9.13. The Labute approximate surface area is 107 Å². The Hall–Kier alpha value is -1.39. The van der Waals surface area contributed by atoms with E-state index in [2.05, 4.69) is 5.32 Å². The molecule has 0 aliphatic heterocycles. The molecule has 1 fully saturated rings. The Balaban J connectivity index is 1.74. The smallest absolute Gasteiger partial charge is 0.237 e. The molecule has 1 amide bonds. The molecule has 0 heterocycles. The fraction of sp³-hybridized carbons (Fsp3) is 0.500. The van der Waals surface area contributed by atoms with E-state index in [1.807, 2.05) is 30.3 Å². The average molecular weight is 248 g/mol. The summed E-state index contributed by atoms with van der Waals surface area (Å²) in [7, 11) is 0. The summed E-state index contributed by atoms with van der Waals surface area (Å²) in [4.78, 5) is 11.7. The van der Waals surface area contributed by atoms with E-state index in [1.165, 1.54) is 0 Å². The van der Waals surface area contributed by atoms with Gasteiger partial charge in [-0.05, 0) is 30.7 Å². The molecular formula is C14H20N2O2. The molecule has 2 atom stereocenters. The summed E-state index contributed by atoms with van der Waals surface area (Å²) in [6.45, 7) is 0.311. The first-order valence-electron chi connectivity index (χ1n) is 6.42. The summed E-state index contributed by atoms with van der Waals surface area (Å²) in [5.74, 6) is 0.175. The van der Waals surface area contributed by atoms with Crippen molar-refractivity contribution in [1.29, 1.82) is 0 Å². The van der Waals surface area contributed by atoms with Gasteiger partial charge in [0.15, 0.2) is 0 Å². The van der Waals surface area contributed by atoms with E-state index < -0.39 is 12.1 Å². The van der Waals surface area contributed by atoms with E-state index in [0.29, 0.717) is 18.9 Å². The van der Waals surface area contributed by atoms with Crippen LogP contribution in [-0.4, -0.2) is 29.7 Å². The lowest BCUT2D eigenvalue weighted by Gasteiger charge is -2.15. The molecule has 2 unspecified atom stereocenters. The lowest BCUT2D eigenvalue weighted by molar-refractivity contribution is -0.122. The maximum Gasteiger partial charge on any atom is 0.237 e. The topological polar surface area (TPSA) is 75.4 Å². The number of rotatable bonds is 6. The number of carbonyl (C=O) groups is 1. The van der Waals surface area contributed by atoms with Crippen LogP contribution < -0.4 is 11.1 Å². The Morgan fingerprint density at radius 2 is 2.06 bits per heavy atom. The fourth-order valence-corrected chi connectivity index (χ4v) is 1.94. The molecule has 0 saturated heterocycles. The third kappa shape index (κ3) is 3.82. The van der Waals surface area contributed by atoms with Gasteiger partial charge >= 0.3 is 0 Å². The molecule has 18 heavy (non-hydrogen) atoms. The van der Waals surface area contributed by atoms with Crippen LogP contribution in [0.1, 0.15) is 18.4 Å². The first-order valence-corrected chi connectivity index (χ1v) is 6.42. The van der Waals surface area contributed by atoms with Crippen LogP contribution in [0.25, 0.3) is 0 Å². The molecule has 98 valence electrons. The number of benzene rings is 1. The molecule has 1 saturated carbocycles. The number of nitrogens with two attached hydrogens (primary N) is 1. The van der Waals surface area contributed by atoms with Crippen LogP contribution in [0.2, 0.25) is 0 Å². The zero-order valence-corrected chi connectivity index (χ0v) is 10.4. The van der Waals surface area contributed by atoms with Crippen LogP contribution in [0.15, 0.2) is 30.3 Å². The van der Waals surface area contributed by atoms with E-state index in [-0.39, 0.29) is 5.91 Å². The standard InChI is InChI=1S/C14H20N2O2/c15-12(8-10-4-2-1-3-5-10)14(18)16-9-13(17)11-6-7-11/h1-5,11-13,17H,6-9,15H2,(H,16,18). The number of nitrogens with one attached hydrogen (secondary N) is 1. The van der Waals surface area contributed by atoms with Gasteiger partial charge in [0.05, 0.1) is 12.1 Å². The number of hydrogen-bond donors (Lipinski definition) is 3. The Morgan fingerprint density at radius 1 is 1.39 bits per heavy atom. The van der Waals surface area contributed by atoms with Gasteiger partial charge in [-0.3, -0.25) is 4.79 Å². The van der Waals surface area contributed by atoms with Gasteiger partial charge in [0.2, 0.25) is 5.91 Å². The molecule has 1 aliphatic carbocycles. The average Bonchev–Trinajstić information content (AvgIpc) is 3.21. The predicted octanol–water partition coefficient (Wildman–Crippen LogP) is 0.443.